The molecular weight excluding hydrogens is 375 g/mol. The van der Waals surface area contributed by atoms with Crippen LogP contribution in [0.1, 0.15) is 40.2 Å². The summed E-state index contributed by atoms with van der Waals surface area (Å²) in [5.74, 6) is -2.93. The van der Waals surface area contributed by atoms with Gasteiger partial charge in [0.2, 0.25) is 17.7 Å². The van der Waals surface area contributed by atoms with Crippen molar-refractivity contribution in [3.8, 4) is 0 Å². The molecule has 0 saturated carbocycles. The van der Waals surface area contributed by atoms with E-state index in [1.165, 1.54) is 0 Å². The Balaban J connectivity index is 1.66. The molecule has 10 heteroatoms. The fourth-order valence-electron chi connectivity index (χ4n) is 3.31. The summed E-state index contributed by atoms with van der Waals surface area (Å²) in [5, 5.41) is 7.41. The van der Waals surface area contributed by atoms with E-state index in [9.17, 15) is 22.8 Å². The molecular formula is C18H20F3N5O2. The summed E-state index contributed by atoms with van der Waals surface area (Å²) in [6, 6.07) is 5.56. The molecule has 2 amide bonds. The zero-order chi connectivity index (χ0) is 20.5. The molecule has 2 heterocycles. The normalized spacial score (nSPS) is 17.5. The Bertz CT molecular complexity index is 873. The number of H-pyrrole nitrogens is 1. The Morgan fingerprint density at radius 3 is 2.50 bits per heavy atom. The number of likely N-dealkylation sites (tertiary alicyclic amines) is 1. The number of anilines is 1. The fraction of sp³-hybridized carbons (Fsp3) is 0.444. The Morgan fingerprint density at radius 1 is 1.21 bits per heavy atom. The molecule has 1 saturated heterocycles. The number of hydrogen-bond donors (Lipinski definition) is 2. The van der Waals surface area contributed by atoms with Gasteiger partial charge in [0.1, 0.15) is 0 Å². The summed E-state index contributed by atoms with van der Waals surface area (Å²) in [6.07, 6.45) is -3.52. The molecule has 1 aromatic carbocycles. The number of halogens is 3. The second kappa shape index (κ2) is 7.61. The van der Waals surface area contributed by atoms with E-state index in [0.717, 1.165) is 11.1 Å². The first-order valence-electron chi connectivity index (χ1n) is 8.81. The van der Waals surface area contributed by atoms with Crippen LogP contribution in [0.25, 0.3) is 0 Å². The minimum absolute atomic E-state index is 0.165. The number of aromatic nitrogens is 3. The number of rotatable bonds is 3. The van der Waals surface area contributed by atoms with E-state index in [1.807, 2.05) is 19.9 Å². The van der Waals surface area contributed by atoms with E-state index in [1.54, 1.807) is 22.1 Å². The van der Waals surface area contributed by atoms with Crippen molar-refractivity contribution >= 4 is 17.8 Å². The number of hydrogen-bond acceptors (Lipinski definition) is 4. The third-order valence-corrected chi connectivity index (χ3v) is 4.54. The predicted molar refractivity (Wildman–Crippen MR) is 94.6 cm³/mol. The van der Waals surface area contributed by atoms with Crippen molar-refractivity contribution in [2.75, 3.05) is 18.4 Å². The van der Waals surface area contributed by atoms with Gasteiger partial charge in [-0.2, -0.15) is 18.2 Å². The second-order valence-electron chi connectivity index (χ2n) is 6.96. The van der Waals surface area contributed by atoms with Crippen LogP contribution in [0.3, 0.4) is 0 Å². The number of alkyl halides is 3. The highest BCUT2D eigenvalue weighted by Gasteiger charge is 2.36. The highest BCUT2D eigenvalue weighted by atomic mass is 19.4. The lowest BCUT2D eigenvalue weighted by Gasteiger charge is -2.32. The van der Waals surface area contributed by atoms with Crippen LogP contribution in [0.15, 0.2) is 18.2 Å². The molecule has 2 aromatic rings. The molecule has 28 heavy (non-hydrogen) atoms. The van der Waals surface area contributed by atoms with E-state index < -0.39 is 29.8 Å². The molecule has 0 aliphatic carbocycles. The molecule has 1 unspecified atom stereocenters. The van der Waals surface area contributed by atoms with E-state index >= 15 is 0 Å². The molecule has 1 aliphatic rings. The number of benzene rings is 1. The number of amides is 2. The minimum atomic E-state index is -4.67. The van der Waals surface area contributed by atoms with Crippen molar-refractivity contribution in [3.63, 3.8) is 0 Å². The van der Waals surface area contributed by atoms with E-state index in [4.69, 9.17) is 0 Å². The number of nitrogens with one attached hydrogen (secondary N) is 2. The van der Waals surface area contributed by atoms with Crippen LogP contribution < -0.4 is 5.32 Å². The standard InChI is InChI=1S/C18H20F3N5O2/c1-10-6-11(2)8-13(7-10)15(28)26-5-3-4-12(9-26)14(27)22-17-23-16(24-25-17)18(19,20)21/h6-8,12H,3-5,9H2,1-2H3,(H2,22,23,24,25,27). The Hall–Kier alpha value is -2.91. The Morgan fingerprint density at radius 2 is 1.89 bits per heavy atom. The average Bonchev–Trinajstić information content (AvgIpc) is 3.09. The molecule has 1 aromatic heterocycles. The fourth-order valence-corrected chi connectivity index (χ4v) is 3.31. The van der Waals surface area contributed by atoms with Crippen LogP contribution in [0.4, 0.5) is 19.1 Å². The van der Waals surface area contributed by atoms with Crippen LogP contribution in [0, 0.1) is 19.8 Å². The lowest BCUT2D eigenvalue weighted by molar-refractivity contribution is -0.144. The zero-order valence-corrected chi connectivity index (χ0v) is 15.4. The maximum absolute atomic E-state index is 12.8. The largest absolute Gasteiger partial charge is 0.451 e. The van der Waals surface area contributed by atoms with Gasteiger partial charge in [0.25, 0.3) is 5.91 Å². The highest BCUT2D eigenvalue weighted by molar-refractivity contribution is 5.96. The molecule has 150 valence electrons. The average molecular weight is 395 g/mol. The molecule has 0 spiro atoms. The van der Waals surface area contributed by atoms with Crippen LogP contribution in [-0.4, -0.2) is 45.0 Å². The first-order chi connectivity index (χ1) is 13.1. The Kier molecular flexibility index (Phi) is 5.39. The summed E-state index contributed by atoms with van der Waals surface area (Å²) in [7, 11) is 0. The monoisotopic (exact) mass is 395 g/mol. The first-order valence-corrected chi connectivity index (χ1v) is 8.81. The molecule has 2 N–H and O–H groups in total. The summed E-state index contributed by atoms with van der Waals surface area (Å²) >= 11 is 0. The number of aromatic amines is 1. The highest BCUT2D eigenvalue weighted by Crippen LogP contribution is 2.26. The number of carbonyl (C=O) groups is 2. The van der Waals surface area contributed by atoms with Gasteiger partial charge in [-0.1, -0.05) is 17.2 Å². The number of piperidine rings is 1. The van der Waals surface area contributed by atoms with E-state index in [0.29, 0.717) is 24.9 Å². The molecule has 1 fully saturated rings. The maximum atomic E-state index is 12.8. The second-order valence-corrected chi connectivity index (χ2v) is 6.96. The van der Waals surface area contributed by atoms with Gasteiger partial charge >= 0.3 is 6.18 Å². The van der Waals surface area contributed by atoms with Crippen LogP contribution in [-0.2, 0) is 11.0 Å². The third-order valence-electron chi connectivity index (χ3n) is 4.54. The van der Waals surface area contributed by atoms with Crippen LogP contribution in [0.2, 0.25) is 0 Å². The molecule has 0 bridgehead atoms. The number of carbonyl (C=O) groups excluding carboxylic acids is 2. The van der Waals surface area contributed by atoms with E-state index in [-0.39, 0.29) is 12.5 Å². The smallest absolute Gasteiger partial charge is 0.338 e. The van der Waals surface area contributed by atoms with Crippen molar-refractivity contribution in [2.24, 2.45) is 5.92 Å². The molecule has 1 atom stereocenters. The van der Waals surface area contributed by atoms with Crippen LogP contribution in [0.5, 0.6) is 0 Å². The lowest BCUT2D eigenvalue weighted by atomic mass is 9.96. The van der Waals surface area contributed by atoms with Gasteiger partial charge in [-0.05, 0) is 38.8 Å². The van der Waals surface area contributed by atoms with Crippen molar-refractivity contribution < 1.29 is 22.8 Å². The first kappa shape index (κ1) is 19.8. The predicted octanol–water partition coefficient (Wildman–Crippen LogP) is 2.93. The molecule has 7 nitrogen and oxygen atoms in total. The molecule has 0 radical (unpaired) electrons. The summed E-state index contributed by atoms with van der Waals surface area (Å²) < 4.78 is 37.7. The van der Waals surface area contributed by atoms with Crippen molar-refractivity contribution in [1.82, 2.24) is 20.1 Å². The molecule has 3 rings (SSSR count). The van der Waals surface area contributed by atoms with Crippen molar-refractivity contribution in [2.45, 2.75) is 32.9 Å². The third kappa shape index (κ3) is 4.49. The van der Waals surface area contributed by atoms with E-state index in [2.05, 4.69) is 15.4 Å². The zero-order valence-electron chi connectivity index (χ0n) is 15.4. The van der Waals surface area contributed by atoms with Gasteiger partial charge in [-0.15, -0.1) is 5.10 Å². The summed E-state index contributed by atoms with van der Waals surface area (Å²) in [4.78, 5) is 30.0. The van der Waals surface area contributed by atoms with Crippen LogP contribution >= 0.6 is 0 Å². The maximum Gasteiger partial charge on any atom is 0.451 e. The van der Waals surface area contributed by atoms with Crippen molar-refractivity contribution in [1.29, 1.82) is 0 Å². The van der Waals surface area contributed by atoms with Gasteiger partial charge in [0, 0.05) is 18.7 Å². The topological polar surface area (TPSA) is 91.0 Å². The van der Waals surface area contributed by atoms with Gasteiger partial charge < -0.3 is 4.90 Å². The SMILES string of the molecule is Cc1cc(C)cc(C(=O)N2CCCC(C(=O)Nc3n[nH]c(C(F)(F)F)n3)C2)c1. The number of aryl methyl sites for hydroxylation is 2. The minimum Gasteiger partial charge on any atom is -0.338 e. The van der Waals surface area contributed by atoms with Gasteiger partial charge in [-0.25, -0.2) is 0 Å². The van der Waals surface area contributed by atoms with Gasteiger partial charge in [0.05, 0.1) is 5.92 Å². The summed E-state index contributed by atoms with van der Waals surface area (Å²) in [6.45, 7) is 4.52. The quantitative estimate of drug-likeness (QED) is 0.836. The van der Waals surface area contributed by atoms with Gasteiger partial charge in [0.15, 0.2) is 0 Å². The Labute approximate surface area is 159 Å². The molecule has 1 aliphatic heterocycles. The summed E-state index contributed by atoms with van der Waals surface area (Å²) in [5.41, 5.74) is 2.50. The lowest BCUT2D eigenvalue weighted by Crippen LogP contribution is -2.43. The number of nitrogens with zero attached hydrogens (tertiary/aromatic N) is 3. The van der Waals surface area contributed by atoms with Gasteiger partial charge in [-0.3, -0.25) is 20.0 Å². The van der Waals surface area contributed by atoms with Crippen molar-refractivity contribution in [3.05, 3.63) is 40.7 Å².